The van der Waals surface area contributed by atoms with Crippen molar-refractivity contribution < 1.29 is 9.90 Å². The Hall–Kier alpha value is -1.16. The number of amides is 1. The van der Waals surface area contributed by atoms with E-state index in [4.69, 9.17) is 0 Å². The van der Waals surface area contributed by atoms with Gasteiger partial charge in [0.2, 0.25) is 0 Å². The van der Waals surface area contributed by atoms with E-state index in [0.29, 0.717) is 10.8 Å². The van der Waals surface area contributed by atoms with Crippen LogP contribution in [-0.4, -0.2) is 28.1 Å². The van der Waals surface area contributed by atoms with Gasteiger partial charge in [0.1, 0.15) is 5.75 Å². The van der Waals surface area contributed by atoms with E-state index in [9.17, 15) is 9.90 Å². The molecule has 0 aliphatic heterocycles. The van der Waals surface area contributed by atoms with Crippen molar-refractivity contribution in [1.82, 2.24) is 5.32 Å². The van der Waals surface area contributed by atoms with Crippen LogP contribution in [0, 0.1) is 6.92 Å². The van der Waals surface area contributed by atoms with Crippen LogP contribution in [0.2, 0.25) is 0 Å². The summed E-state index contributed by atoms with van der Waals surface area (Å²) in [5, 5.41) is 13.5. The second-order valence-electron chi connectivity index (χ2n) is 5.08. The number of rotatable bonds is 4. The average Bonchev–Trinajstić information content (AvgIpc) is 2.76. The second-order valence-corrected chi connectivity index (χ2v) is 6.66. The van der Waals surface area contributed by atoms with Crippen LogP contribution < -0.4 is 5.32 Å². The van der Waals surface area contributed by atoms with Gasteiger partial charge in [-0.3, -0.25) is 4.79 Å². The van der Waals surface area contributed by atoms with Crippen LogP contribution in [0.4, 0.5) is 0 Å². The van der Waals surface area contributed by atoms with Gasteiger partial charge in [-0.2, -0.15) is 11.8 Å². The van der Waals surface area contributed by atoms with Gasteiger partial charge in [0.05, 0.1) is 5.56 Å². The number of nitrogens with one attached hydrogen (secondary N) is 1. The largest absolute Gasteiger partial charge is 0.507 e. The van der Waals surface area contributed by atoms with Crippen molar-refractivity contribution in [2.24, 2.45) is 0 Å². The van der Waals surface area contributed by atoms with Gasteiger partial charge in [-0.1, -0.05) is 13.0 Å². The zero-order valence-corrected chi connectivity index (χ0v) is 12.3. The minimum Gasteiger partial charge on any atom is -0.507 e. The van der Waals surface area contributed by atoms with Crippen molar-refractivity contribution >= 4 is 17.7 Å². The highest BCUT2D eigenvalue weighted by molar-refractivity contribution is 7.99. The highest BCUT2D eigenvalue weighted by atomic mass is 32.2. The summed E-state index contributed by atoms with van der Waals surface area (Å²) in [6.45, 7) is 4.06. The van der Waals surface area contributed by atoms with Crippen molar-refractivity contribution in [3.8, 4) is 5.75 Å². The molecule has 0 aromatic heterocycles. The van der Waals surface area contributed by atoms with Crippen molar-refractivity contribution in [1.29, 1.82) is 0 Å². The Morgan fingerprint density at radius 3 is 2.95 bits per heavy atom. The summed E-state index contributed by atoms with van der Waals surface area (Å²) in [6, 6.07) is 5.41. The third-order valence-electron chi connectivity index (χ3n) is 3.52. The van der Waals surface area contributed by atoms with E-state index in [-0.39, 0.29) is 17.7 Å². The van der Waals surface area contributed by atoms with Gasteiger partial charge in [0, 0.05) is 11.3 Å². The molecule has 19 heavy (non-hydrogen) atoms. The summed E-state index contributed by atoms with van der Waals surface area (Å²) in [5.74, 6) is 1.03. The van der Waals surface area contributed by atoms with E-state index >= 15 is 0 Å². The number of carbonyl (C=O) groups excluding carboxylic acids is 1. The van der Waals surface area contributed by atoms with Crippen LogP contribution >= 0.6 is 11.8 Å². The fourth-order valence-corrected chi connectivity index (χ4v) is 3.70. The van der Waals surface area contributed by atoms with Gasteiger partial charge in [-0.15, -0.1) is 0 Å². The Balaban J connectivity index is 1.94. The van der Waals surface area contributed by atoms with Gasteiger partial charge < -0.3 is 10.4 Å². The Morgan fingerprint density at radius 2 is 2.26 bits per heavy atom. The first-order valence-electron chi connectivity index (χ1n) is 6.82. The van der Waals surface area contributed by atoms with Crippen molar-refractivity contribution in [3.05, 3.63) is 29.3 Å². The Labute approximate surface area is 118 Å². The minimum atomic E-state index is -0.162. The van der Waals surface area contributed by atoms with E-state index in [1.807, 2.05) is 24.8 Å². The second kappa shape index (κ2) is 6.33. The lowest BCUT2D eigenvalue weighted by Crippen LogP contribution is -2.33. The van der Waals surface area contributed by atoms with Crippen LogP contribution in [0.25, 0.3) is 0 Å². The number of hydrogen-bond donors (Lipinski definition) is 2. The standard InChI is InChI=1S/C15H21NO2S/c1-3-19-12-6-5-11(9-12)16-15(18)13-7-4-10(2)8-14(13)17/h4,7-8,11-12,17H,3,5-6,9H2,1-2H3,(H,16,18). The topological polar surface area (TPSA) is 49.3 Å². The number of phenolic OH excluding ortho intramolecular Hbond substituents is 1. The maximum absolute atomic E-state index is 12.1. The monoisotopic (exact) mass is 279 g/mol. The van der Waals surface area contributed by atoms with Crippen molar-refractivity contribution in [2.45, 2.75) is 44.4 Å². The summed E-state index contributed by atoms with van der Waals surface area (Å²) in [5.41, 5.74) is 1.33. The zero-order valence-electron chi connectivity index (χ0n) is 11.5. The molecule has 1 fully saturated rings. The smallest absolute Gasteiger partial charge is 0.255 e. The van der Waals surface area contributed by atoms with Crippen LogP contribution in [-0.2, 0) is 0 Å². The molecule has 1 saturated carbocycles. The SMILES string of the molecule is CCSC1CCC(NC(=O)c2ccc(C)cc2O)C1. The molecule has 1 amide bonds. The maximum atomic E-state index is 12.1. The van der Waals surface area contributed by atoms with Crippen LogP contribution in [0.1, 0.15) is 42.1 Å². The predicted octanol–water partition coefficient (Wildman–Crippen LogP) is 3.10. The molecule has 4 heteroatoms. The zero-order chi connectivity index (χ0) is 13.8. The molecule has 1 aliphatic rings. The molecule has 0 bridgehead atoms. The lowest BCUT2D eigenvalue weighted by Gasteiger charge is -2.14. The quantitative estimate of drug-likeness (QED) is 0.890. The molecule has 2 rings (SSSR count). The third kappa shape index (κ3) is 3.66. The molecule has 2 N–H and O–H groups in total. The molecule has 2 unspecified atom stereocenters. The molecule has 0 radical (unpaired) electrons. The van der Waals surface area contributed by atoms with Crippen LogP contribution in [0.5, 0.6) is 5.75 Å². The van der Waals surface area contributed by atoms with Gasteiger partial charge in [-0.05, 0) is 49.6 Å². The summed E-state index contributed by atoms with van der Waals surface area (Å²) in [4.78, 5) is 12.1. The van der Waals surface area contributed by atoms with E-state index in [1.54, 1.807) is 12.1 Å². The fraction of sp³-hybridized carbons (Fsp3) is 0.533. The van der Waals surface area contributed by atoms with Gasteiger partial charge in [0.15, 0.2) is 0 Å². The van der Waals surface area contributed by atoms with Crippen LogP contribution in [0.3, 0.4) is 0 Å². The van der Waals surface area contributed by atoms with E-state index in [2.05, 4.69) is 12.2 Å². The molecule has 1 aromatic carbocycles. The number of aromatic hydroxyl groups is 1. The van der Waals surface area contributed by atoms with Gasteiger partial charge in [-0.25, -0.2) is 0 Å². The lowest BCUT2D eigenvalue weighted by atomic mass is 10.1. The first kappa shape index (κ1) is 14.3. The van der Waals surface area contributed by atoms with Crippen LogP contribution in [0.15, 0.2) is 18.2 Å². The van der Waals surface area contributed by atoms with E-state index in [1.165, 1.54) is 6.42 Å². The molecule has 1 aromatic rings. The molecule has 104 valence electrons. The maximum Gasteiger partial charge on any atom is 0.255 e. The lowest BCUT2D eigenvalue weighted by molar-refractivity contribution is 0.0935. The molecule has 0 saturated heterocycles. The number of phenols is 1. The number of aryl methyl sites for hydroxylation is 1. The summed E-state index contributed by atoms with van der Waals surface area (Å²) in [6.07, 6.45) is 3.25. The Bertz CT molecular complexity index is 461. The van der Waals surface area contributed by atoms with Gasteiger partial charge in [0.25, 0.3) is 5.91 Å². The predicted molar refractivity (Wildman–Crippen MR) is 79.9 cm³/mol. The molecule has 1 aliphatic carbocycles. The normalized spacial score (nSPS) is 22.4. The molecule has 0 spiro atoms. The van der Waals surface area contributed by atoms with Crippen molar-refractivity contribution in [2.75, 3.05) is 5.75 Å². The molecule has 0 heterocycles. The molecule has 2 atom stereocenters. The molecule has 3 nitrogen and oxygen atoms in total. The number of hydrogen-bond acceptors (Lipinski definition) is 3. The fourth-order valence-electron chi connectivity index (χ4n) is 2.56. The third-order valence-corrected chi connectivity index (χ3v) is 4.75. The molecular weight excluding hydrogens is 258 g/mol. The van der Waals surface area contributed by atoms with E-state index in [0.717, 1.165) is 24.2 Å². The first-order valence-corrected chi connectivity index (χ1v) is 7.87. The summed E-state index contributed by atoms with van der Waals surface area (Å²) >= 11 is 1.97. The molecular formula is C15H21NO2S. The average molecular weight is 279 g/mol. The van der Waals surface area contributed by atoms with Gasteiger partial charge >= 0.3 is 0 Å². The van der Waals surface area contributed by atoms with E-state index < -0.39 is 0 Å². The Kier molecular flexibility index (Phi) is 4.75. The minimum absolute atomic E-state index is 0.0648. The number of thioether (sulfide) groups is 1. The number of carbonyl (C=O) groups is 1. The Morgan fingerprint density at radius 1 is 1.47 bits per heavy atom. The highest BCUT2D eigenvalue weighted by Gasteiger charge is 2.26. The summed E-state index contributed by atoms with van der Waals surface area (Å²) in [7, 11) is 0. The highest BCUT2D eigenvalue weighted by Crippen LogP contribution is 2.30. The summed E-state index contributed by atoms with van der Waals surface area (Å²) < 4.78 is 0. The first-order chi connectivity index (χ1) is 9.10. The number of benzene rings is 1. The van der Waals surface area contributed by atoms with Crippen molar-refractivity contribution in [3.63, 3.8) is 0 Å².